The number of carbonyl (C=O) groups excluding carboxylic acids is 1. The van der Waals surface area contributed by atoms with Gasteiger partial charge < -0.3 is 10.2 Å². The van der Waals surface area contributed by atoms with Crippen LogP contribution in [0.25, 0.3) is 5.69 Å². The molecule has 0 spiro atoms. The van der Waals surface area contributed by atoms with Crippen molar-refractivity contribution in [2.24, 2.45) is 0 Å². The smallest absolute Gasteiger partial charge is 0.263 e. The van der Waals surface area contributed by atoms with Crippen LogP contribution in [0.5, 0.6) is 0 Å². The molecule has 3 aromatic rings. The van der Waals surface area contributed by atoms with Gasteiger partial charge in [0.25, 0.3) is 5.91 Å². The van der Waals surface area contributed by atoms with E-state index in [2.05, 4.69) is 44.8 Å². The van der Waals surface area contributed by atoms with E-state index in [4.69, 9.17) is 0 Å². The molecule has 7 nitrogen and oxygen atoms in total. The normalized spacial score (nSPS) is 10.6. The minimum atomic E-state index is -0.0942. The Morgan fingerprint density at radius 1 is 1.28 bits per heavy atom. The van der Waals surface area contributed by atoms with Crippen molar-refractivity contribution in [2.75, 3.05) is 24.5 Å². The van der Waals surface area contributed by atoms with Crippen molar-refractivity contribution in [3.8, 4) is 5.69 Å². The number of nitrogens with zero attached hydrogens (tertiary/aromatic N) is 5. The zero-order valence-corrected chi connectivity index (χ0v) is 14.8. The van der Waals surface area contributed by atoms with E-state index in [1.165, 1.54) is 28.0 Å². The largest absolute Gasteiger partial charge is 0.372 e. The number of nitrogens with one attached hydrogen (secondary N) is 1. The van der Waals surface area contributed by atoms with Gasteiger partial charge in [-0.25, -0.2) is 0 Å². The topological polar surface area (TPSA) is 75.9 Å². The summed E-state index contributed by atoms with van der Waals surface area (Å²) in [5.41, 5.74) is 1.91. The van der Waals surface area contributed by atoms with Gasteiger partial charge in [-0.05, 0) is 47.4 Å². The fourth-order valence-corrected chi connectivity index (χ4v) is 3.38. The SMILES string of the molecule is CCN(CCCNC(=O)c1sccc1-n1cnnn1)c1ccccc1. The molecule has 2 aromatic heterocycles. The summed E-state index contributed by atoms with van der Waals surface area (Å²) >= 11 is 1.38. The Hall–Kier alpha value is -2.74. The number of anilines is 1. The van der Waals surface area contributed by atoms with E-state index >= 15 is 0 Å². The molecule has 1 amide bonds. The first-order chi connectivity index (χ1) is 12.3. The Labute approximate surface area is 150 Å². The zero-order chi connectivity index (χ0) is 17.5. The van der Waals surface area contributed by atoms with E-state index in [0.717, 1.165) is 19.5 Å². The van der Waals surface area contributed by atoms with E-state index in [-0.39, 0.29) is 5.91 Å². The predicted molar refractivity (Wildman–Crippen MR) is 98.3 cm³/mol. The van der Waals surface area contributed by atoms with Crippen molar-refractivity contribution in [1.29, 1.82) is 0 Å². The second-order valence-electron chi connectivity index (χ2n) is 5.41. The summed E-state index contributed by atoms with van der Waals surface area (Å²) in [6.45, 7) is 4.59. The quantitative estimate of drug-likeness (QED) is 0.627. The van der Waals surface area contributed by atoms with Crippen LogP contribution in [-0.4, -0.2) is 45.7 Å². The Kier molecular flexibility index (Phi) is 5.73. The van der Waals surface area contributed by atoms with Gasteiger partial charge >= 0.3 is 0 Å². The minimum absolute atomic E-state index is 0.0942. The number of hydrogen-bond acceptors (Lipinski definition) is 6. The van der Waals surface area contributed by atoms with Crippen molar-refractivity contribution >= 4 is 22.9 Å². The number of rotatable bonds is 8. The first kappa shape index (κ1) is 17.1. The maximum absolute atomic E-state index is 12.4. The zero-order valence-electron chi connectivity index (χ0n) is 14.0. The van der Waals surface area contributed by atoms with Crippen molar-refractivity contribution in [3.63, 3.8) is 0 Å². The number of aromatic nitrogens is 4. The summed E-state index contributed by atoms with van der Waals surface area (Å²) < 4.78 is 1.50. The van der Waals surface area contributed by atoms with Crippen molar-refractivity contribution in [2.45, 2.75) is 13.3 Å². The van der Waals surface area contributed by atoms with Crippen LogP contribution in [0.4, 0.5) is 5.69 Å². The molecule has 0 atom stereocenters. The minimum Gasteiger partial charge on any atom is -0.372 e. The molecule has 0 saturated carbocycles. The molecule has 0 unspecified atom stereocenters. The van der Waals surface area contributed by atoms with Crippen molar-refractivity contribution in [1.82, 2.24) is 25.5 Å². The Bertz CT molecular complexity index is 787. The van der Waals surface area contributed by atoms with Crippen LogP contribution in [0.2, 0.25) is 0 Å². The molecule has 0 radical (unpaired) electrons. The molecule has 0 aliphatic heterocycles. The van der Waals surface area contributed by atoms with Gasteiger partial charge in [0.05, 0.1) is 5.69 Å². The number of tetrazole rings is 1. The lowest BCUT2D eigenvalue weighted by Gasteiger charge is -2.23. The van der Waals surface area contributed by atoms with Crippen LogP contribution in [0, 0.1) is 0 Å². The second-order valence-corrected chi connectivity index (χ2v) is 6.33. The lowest BCUT2D eigenvalue weighted by molar-refractivity contribution is 0.0957. The Balaban J connectivity index is 1.51. The number of para-hydroxylation sites is 1. The molecule has 1 aromatic carbocycles. The van der Waals surface area contributed by atoms with Crippen molar-refractivity contribution < 1.29 is 4.79 Å². The van der Waals surface area contributed by atoms with Crippen LogP contribution >= 0.6 is 11.3 Å². The van der Waals surface area contributed by atoms with Crippen LogP contribution in [0.15, 0.2) is 48.1 Å². The maximum atomic E-state index is 12.4. The number of thiophene rings is 1. The van der Waals surface area contributed by atoms with E-state index in [1.54, 1.807) is 0 Å². The van der Waals surface area contributed by atoms with Gasteiger partial charge in [0.15, 0.2) is 0 Å². The second kappa shape index (κ2) is 8.39. The van der Waals surface area contributed by atoms with Gasteiger partial charge in [-0.3, -0.25) is 4.79 Å². The molecule has 3 rings (SSSR count). The predicted octanol–water partition coefficient (Wildman–Crippen LogP) is 2.37. The first-order valence-corrected chi connectivity index (χ1v) is 9.06. The lowest BCUT2D eigenvalue weighted by Crippen LogP contribution is -2.30. The molecule has 0 aliphatic rings. The molecule has 25 heavy (non-hydrogen) atoms. The molecule has 0 fully saturated rings. The van der Waals surface area contributed by atoms with E-state index in [9.17, 15) is 4.79 Å². The van der Waals surface area contributed by atoms with Gasteiger partial charge in [-0.1, -0.05) is 18.2 Å². The highest BCUT2D eigenvalue weighted by Gasteiger charge is 2.15. The standard InChI is InChI=1S/C17H20N6OS/c1-2-22(14-7-4-3-5-8-14)11-6-10-18-17(24)16-15(9-12-25-16)23-13-19-20-21-23/h3-5,7-9,12-13H,2,6,10-11H2,1H3,(H,18,24). The van der Waals surface area contributed by atoms with Crippen molar-refractivity contribution in [3.05, 3.63) is 53.0 Å². The number of benzene rings is 1. The third-order valence-corrected chi connectivity index (χ3v) is 4.74. The number of hydrogen-bond donors (Lipinski definition) is 1. The molecule has 1 N–H and O–H groups in total. The van der Waals surface area contributed by atoms with E-state index in [1.807, 2.05) is 29.6 Å². The van der Waals surface area contributed by atoms with Crippen LogP contribution in [-0.2, 0) is 0 Å². The number of amides is 1. The monoisotopic (exact) mass is 356 g/mol. The van der Waals surface area contributed by atoms with Gasteiger partial charge in [0.1, 0.15) is 11.2 Å². The fourth-order valence-electron chi connectivity index (χ4n) is 2.59. The molecule has 2 heterocycles. The highest BCUT2D eigenvalue weighted by molar-refractivity contribution is 7.12. The molecular weight excluding hydrogens is 336 g/mol. The molecule has 0 aliphatic carbocycles. The summed E-state index contributed by atoms with van der Waals surface area (Å²) in [7, 11) is 0. The molecule has 130 valence electrons. The Morgan fingerprint density at radius 2 is 2.12 bits per heavy atom. The highest BCUT2D eigenvalue weighted by atomic mass is 32.1. The summed E-state index contributed by atoms with van der Waals surface area (Å²) in [5.74, 6) is -0.0942. The third kappa shape index (κ3) is 4.21. The van der Waals surface area contributed by atoms with Crippen LogP contribution in [0.3, 0.4) is 0 Å². The maximum Gasteiger partial charge on any atom is 0.263 e. The van der Waals surface area contributed by atoms with E-state index < -0.39 is 0 Å². The fraction of sp³-hybridized carbons (Fsp3) is 0.294. The molecule has 8 heteroatoms. The lowest BCUT2D eigenvalue weighted by atomic mass is 10.2. The highest BCUT2D eigenvalue weighted by Crippen LogP contribution is 2.19. The van der Waals surface area contributed by atoms with Crippen LogP contribution < -0.4 is 10.2 Å². The number of carbonyl (C=O) groups is 1. The molecule has 0 bridgehead atoms. The van der Waals surface area contributed by atoms with Gasteiger partial charge in [0.2, 0.25) is 0 Å². The third-order valence-electron chi connectivity index (χ3n) is 3.84. The van der Waals surface area contributed by atoms with Gasteiger partial charge in [-0.2, -0.15) is 4.68 Å². The Morgan fingerprint density at radius 3 is 2.84 bits per heavy atom. The molecule has 0 saturated heterocycles. The van der Waals surface area contributed by atoms with Gasteiger partial charge in [0, 0.05) is 25.3 Å². The van der Waals surface area contributed by atoms with E-state index in [0.29, 0.717) is 17.1 Å². The summed E-state index contributed by atoms with van der Waals surface area (Å²) in [5, 5.41) is 15.9. The molecular formula is C17H20N6OS. The summed E-state index contributed by atoms with van der Waals surface area (Å²) in [6.07, 6.45) is 2.36. The van der Waals surface area contributed by atoms with Gasteiger partial charge in [-0.15, -0.1) is 16.4 Å². The summed E-state index contributed by atoms with van der Waals surface area (Å²) in [4.78, 5) is 15.3. The summed E-state index contributed by atoms with van der Waals surface area (Å²) in [6, 6.07) is 12.1. The average molecular weight is 356 g/mol. The van der Waals surface area contributed by atoms with Crippen LogP contribution in [0.1, 0.15) is 23.0 Å². The first-order valence-electron chi connectivity index (χ1n) is 8.18. The average Bonchev–Trinajstić information content (AvgIpc) is 3.33.